The van der Waals surface area contributed by atoms with Gasteiger partial charge in [-0.05, 0) is 27.3 Å². The van der Waals surface area contributed by atoms with Crippen LogP contribution < -0.4 is 5.73 Å². The lowest BCUT2D eigenvalue weighted by molar-refractivity contribution is -0.145. The zero-order valence-electron chi connectivity index (χ0n) is 10.3. The summed E-state index contributed by atoms with van der Waals surface area (Å²) in [5.74, 6) is -0.312. The number of carbonyl (C=O) groups excluding carboxylic acids is 1. The number of nitrogens with two attached hydrogens (primary N) is 1. The Bertz CT molecular complexity index is 185. The fraction of sp³-hybridized carbons (Fsp3) is 0.909. The Morgan fingerprint density at radius 1 is 1.47 bits per heavy atom. The van der Waals surface area contributed by atoms with E-state index in [0.717, 1.165) is 12.8 Å². The number of nitrogens with zero attached hydrogens (tertiary/aromatic N) is 1. The van der Waals surface area contributed by atoms with Gasteiger partial charge >= 0.3 is 5.97 Å². The van der Waals surface area contributed by atoms with Gasteiger partial charge in [-0.1, -0.05) is 13.3 Å². The molecule has 0 aliphatic rings. The Kier molecular flexibility index (Phi) is 7.34. The maximum Gasteiger partial charge on any atom is 0.324 e. The number of rotatable bonds is 7. The maximum atomic E-state index is 11.3. The molecule has 0 saturated carbocycles. The molecule has 0 heterocycles. The molecule has 0 aromatic carbocycles. The summed E-state index contributed by atoms with van der Waals surface area (Å²) >= 11 is 0. The van der Waals surface area contributed by atoms with E-state index in [4.69, 9.17) is 10.5 Å². The van der Waals surface area contributed by atoms with Gasteiger partial charge in [0.05, 0.1) is 6.61 Å². The van der Waals surface area contributed by atoms with E-state index in [2.05, 4.69) is 18.7 Å². The number of esters is 1. The minimum atomic E-state index is -0.533. The number of likely N-dealkylation sites (N-methyl/N-ethyl adjacent to an activating group) is 1. The Labute approximate surface area is 92.8 Å². The van der Waals surface area contributed by atoms with Crippen LogP contribution in [0, 0.1) is 0 Å². The van der Waals surface area contributed by atoms with E-state index in [-0.39, 0.29) is 5.97 Å². The van der Waals surface area contributed by atoms with Crippen molar-refractivity contribution in [1.29, 1.82) is 0 Å². The lowest BCUT2D eigenvalue weighted by Crippen LogP contribution is -2.45. The molecule has 0 aromatic heterocycles. The average Bonchev–Trinajstić information content (AvgIpc) is 2.18. The summed E-state index contributed by atoms with van der Waals surface area (Å²) in [4.78, 5) is 13.4. The van der Waals surface area contributed by atoms with E-state index in [1.807, 2.05) is 7.05 Å². The van der Waals surface area contributed by atoms with Gasteiger partial charge in [-0.25, -0.2) is 0 Å². The molecule has 15 heavy (non-hydrogen) atoms. The topological polar surface area (TPSA) is 55.6 Å². The fourth-order valence-corrected chi connectivity index (χ4v) is 1.45. The largest absolute Gasteiger partial charge is 0.465 e. The number of ether oxygens (including phenoxy) is 1. The second-order valence-electron chi connectivity index (χ2n) is 3.94. The summed E-state index contributed by atoms with van der Waals surface area (Å²) in [5.41, 5.74) is 5.72. The Hall–Kier alpha value is -0.610. The summed E-state index contributed by atoms with van der Waals surface area (Å²) in [5, 5.41) is 0. The lowest BCUT2D eigenvalue weighted by atomic mass is 10.1. The van der Waals surface area contributed by atoms with Crippen LogP contribution >= 0.6 is 0 Å². The quantitative estimate of drug-likeness (QED) is 0.645. The van der Waals surface area contributed by atoms with E-state index >= 15 is 0 Å². The number of carbonyl (C=O) groups is 1. The van der Waals surface area contributed by atoms with Crippen LogP contribution in [0.5, 0.6) is 0 Å². The van der Waals surface area contributed by atoms with Crippen LogP contribution in [0.2, 0.25) is 0 Å². The summed E-state index contributed by atoms with van der Waals surface area (Å²) in [6, 6.07) is -0.0790. The maximum absolute atomic E-state index is 11.3. The van der Waals surface area contributed by atoms with Crippen LogP contribution in [0.4, 0.5) is 0 Å². The monoisotopic (exact) mass is 216 g/mol. The van der Waals surface area contributed by atoms with Crippen molar-refractivity contribution < 1.29 is 9.53 Å². The molecular weight excluding hydrogens is 192 g/mol. The fourth-order valence-electron chi connectivity index (χ4n) is 1.45. The second-order valence-corrected chi connectivity index (χ2v) is 3.94. The predicted molar refractivity (Wildman–Crippen MR) is 61.6 cm³/mol. The highest BCUT2D eigenvalue weighted by Crippen LogP contribution is 2.04. The highest BCUT2D eigenvalue weighted by atomic mass is 16.5. The van der Waals surface area contributed by atoms with Gasteiger partial charge in [0.15, 0.2) is 0 Å². The van der Waals surface area contributed by atoms with Gasteiger partial charge in [0.2, 0.25) is 0 Å². The smallest absolute Gasteiger partial charge is 0.324 e. The van der Waals surface area contributed by atoms with Gasteiger partial charge < -0.3 is 15.4 Å². The van der Waals surface area contributed by atoms with E-state index in [1.54, 1.807) is 6.92 Å². The van der Waals surface area contributed by atoms with Crippen molar-refractivity contribution in [2.24, 2.45) is 5.73 Å². The Balaban J connectivity index is 3.93. The van der Waals surface area contributed by atoms with Crippen LogP contribution in [0.15, 0.2) is 0 Å². The third-order valence-corrected chi connectivity index (χ3v) is 2.53. The highest BCUT2D eigenvalue weighted by Gasteiger charge is 2.18. The first kappa shape index (κ1) is 14.4. The molecule has 2 N–H and O–H groups in total. The number of hydrogen-bond donors (Lipinski definition) is 1. The molecule has 4 nitrogen and oxygen atoms in total. The predicted octanol–water partition coefficient (Wildman–Crippen LogP) is 0.997. The van der Waals surface area contributed by atoms with E-state index in [1.165, 1.54) is 0 Å². The summed E-state index contributed by atoms with van der Waals surface area (Å²) in [7, 11) is 1.99. The molecule has 0 spiro atoms. The van der Waals surface area contributed by atoms with Crippen LogP contribution in [0.1, 0.15) is 33.6 Å². The average molecular weight is 216 g/mol. The minimum absolute atomic E-state index is 0.312. The molecule has 0 bridgehead atoms. The van der Waals surface area contributed by atoms with Crippen LogP contribution in [-0.4, -0.2) is 43.2 Å². The SMILES string of the molecule is CCCC(C)N(C)CC(N)C(=O)OCC. The molecule has 0 aliphatic heterocycles. The van der Waals surface area contributed by atoms with Crippen molar-refractivity contribution in [3.8, 4) is 0 Å². The summed E-state index contributed by atoms with van der Waals surface area (Å²) < 4.78 is 4.85. The Morgan fingerprint density at radius 3 is 2.53 bits per heavy atom. The second kappa shape index (κ2) is 7.65. The van der Waals surface area contributed by atoms with E-state index in [9.17, 15) is 4.79 Å². The van der Waals surface area contributed by atoms with Gasteiger partial charge in [-0.15, -0.1) is 0 Å². The van der Waals surface area contributed by atoms with Crippen molar-refractivity contribution in [3.63, 3.8) is 0 Å². The van der Waals surface area contributed by atoms with Crippen molar-refractivity contribution in [1.82, 2.24) is 4.90 Å². The molecule has 0 fully saturated rings. The highest BCUT2D eigenvalue weighted by molar-refractivity contribution is 5.75. The summed E-state index contributed by atoms with van der Waals surface area (Å²) in [6.45, 7) is 7.02. The lowest BCUT2D eigenvalue weighted by Gasteiger charge is -2.26. The van der Waals surface area contributed by atoms with Crippen LogP contribution in [0.3, 0.4) is 0 Å². The van der Waals surface area contributed by atoms with Crippen LogP contribution in [-0.2, 0) is 9.53 Å². The van der Waals surface area contributed by atoms with Gasteiger partial charge in [-0.2, -0.15) is 0 Å². The first-order chi connectivity index (χ1) is 7.02. The van der Waals surface area contributed by atoms with Gasteiger partial charge in [0, 0.05) is 12.6 Å². The zero-order valence-corrected chi connectivity index (χ0v) is 10.3. The van der Waals surface area contributed by atoms with Crippen molar-refractivity contribution in [2.75, 3.05) is 20.2 Å². The molecule has 0 aliphatic carbocycles. The third-order valence-electron chi connectivity index (χ3n) is 2.53. The van der Waals surface area contributed by atoms with Gasteiger partial charge in [0.1, 0.15) is 6.04 Å². The molecule has 2 atom stereocenters. The molecule has 0 radical (unpaired) electrons. The molecular formula is C11H24N2O2. The number of hydrogen-bond acceptors (Lipinski definition) is 4. The van der Waals surface area contributed by atoms with Gasteiger partial charge in [0.25, 0.3) is 0 Å². The third kappa shape index (κ3) is 5.74. The van der Waals surface area contributed by atoms with E-state index in [0.29, 0.717) is 19.2 Å². The van der Waals surface area contributed by atoms with Gasteiger partial charge in [-0.3, -0.25) is 4.79 Å². The molecule has 0 amide bonds. The molecule has 90 valence electrons. The van der Waals surface area contributed by atoms with E-state index < -0.39 is 6.04 Å². The molecule has 4 heteroatoms. The summed E-state index contributed by atoms with van der Waals surface area (Å²) in [6.07, 6.45) is 2.26. The van der Waals surface area contributed by atoms with Crippen molar-refractivity contribution in [2.45, 2.75) is 45.7 Å². The minimum Gasteiger partial charge on any atom is -0.465 e. The van der Waals surface area contributed by atoms with Crippen LogP contribution in [0.25, 0.3) is 0 Å². The normalized spacial score (nSPS) is 15.1. The van der Waals surface area contributed by atoms with Crippen molar-refractivity contribution >= 4 is 5.97 Å². The Morgan fingerprint density at radius 2 is 2.07 bits per heavy atom. The standard InChI is InChI=1S/C11H24N2O2/c1-5-7-9(3)13(4)8-10(12)11(14)15-6-2/h9-10H,5-8,12H2,1-4H3. The molecule has 0 aromatic rings. The molecule has 0 rings (SSSR count). The zero-order chi connectivity index (χ0) is 11.8. The first-order valence-electron chi connectivity index (χ1n) is 5.65. The molecule has 0 saturated heterocycles. The molecule has 2 unspecified atom stereocenters. The first-order valence-corrected chi connectivity index (χ1v) is 5.65. The van der Waals surface area contributed by atoms with Crippen molar-refractivity contribution in [3.05, 3.63) is 0 Å².